The Bertz CT molecular complexity index is 997. The van der Waals surface area contributed by atoms with E-state index in [4.69, 9.17) is 21.7 Å². The van der Waals surface area contributed by atoms with Crippen LogP contribution in [0.3, 0.4) is 0 Å². The van der Waals surface area contributed by atoms with Gasteiger partial charge in [-0.1, -0.05) is 6.07 Å². The number of benzene rings is 1. The molecule has 1 amide bonds. The molecule has 1 aromatic carbocycles. The minimum Gasteiger partial charge on any atom is -0.496 e. The van der Waals surface area contributed by atoms with Gasteiger partial charge in [-0.25, -0.2) is 0 Å². The second-order valence-corrected chi connectivity index (χ2v) is 7.93. The molecule has 0 atom stereocenters. The van der Waals surface area contributed by atoms with Gasteiger partial charge in [-0.05, 0) is 42.9 Å². The van der Waals surface area contributed by atoms with Crippen LogP contribution in [0.15, 0.2) is 36.3 Å². The first kappa shape index (κ1) is 21.5. The molecule has 2 aromatic rings. The van der Waals surface area contributed by atoms with Crippen molar-refractivity contribution in [2.45, 2.75) is 26.6 Å². The van der Waals surface area contributed by atoms with E-state index >= 15 is 0 Å². The number of hydrogen-bond acceptors (Lipinski definition) is 6. The molecule has 164 valence electrons. The van der Waals surface area contributed by atoms with Crippen molar-refractivity contribution in [1.29, 1.82) is 0 Å². The summed E-state index contributed by atoms with van der Waals surface area (Å²) in [5.74, 6) is 0.698. The average Bonchev–Trinajstić information content (AvgIpc) is 3.35. The van der Waals surface area contributed by atoms with Gasteiger partial charge >= 0.3 is 0 Å². The Hall–Kier alpha value is -2.75. The second-order valence-electron chi connectivity index (χ2n) is 7.54. The van der Waals surface area contributed by atoms with Gasteiger partial charge in [-0.3, -0.25) is 19.3 Å². The molecule has 31 heavy (non-hydrogen) atoms. The molecule has 8 nitrogen and oxygen atoms in total. The Morgan fingerprint density at radius 1 is 1.29 bits per heavy atom. The normalized spacial score (nSPS) is 18.6. The zero-order valence-electron chi connectivity index (χ0n) is 17.8. The topological polar surface area (TPSA) is 71.9 Å². The first-order valence-electron chi connectivity index (χ1n) is 10.4. The monoisotopic (exact) mass is 441 g/mol. The van der Waals surface area contributed by atoms with Crippen LogP contribution in [0, 0.1) is 0 Å². The summed E-state index contributed by atoms with van der Waals surface area (Å²) in [5, 5.41) is 7.73. The van der Waals surface area contributed by atoms with Crippen molar-refractivity contribution in [1.82, 2.24) is 24.9 Å². The summed E-state index contributed by atoms with van der Waals surface area (Å²) in [4.78, 5) is 16.9. The third kappa shape index (κ3) is 4.95. The van der Waals surface area contributed by atoms with Crippen molar-refractivity contribution in [3.63, 3.8) is 0 Å². The molecule has 3 heterocycles. The fourth-order valence-corrected chi connectivity index (χ4v) is 3.99. The summed E-state index contributed by atoms with van der Waals surface area (Å²) >= 11 is 5.41. The fraction of sp³-hybridized carbons (Fsp3) is 0.409. The molecule has 2 saturated heterocycles. The van der Waals surface area contributed by atoms with Crippen LogP contribution in [0.5, 0.6) is 5.75 Å². The van der Waals surface area contributed by atoms with Gasteiger partial charge in [0.1, 0.15) is 11.4 Å². The highest BCUT2D eigenvalue weighted by Crippen LogP contribution is 2.24. The standard InChI is InChI=1S/C22H27N5O3S/c1-3-26-13-17(12-23-26)14-27-21(28)19(24-22(27)31)11-16-4-5-20(29-2)18(10-16)15-25-6-8-30-9-7-25/h4-5,10-13H,3,6-9,14-15H2,1-2H3,(H,24,31). The third-order valence-corrected chi connectivity index (χ3v) is 5.75. The minimum atomic E-state index is -0.139. The lowest BCUT2D eigenvalue weighted by Crippen LogP contribution is -2.35. The van der Waals surface area contributed by atoms with Gasteiger partial charge in [0.15, 0.2) is 5.11 Å². The lowest BCUT2D eigenvalue weighted by atomic mass is 10.1. The van der Waals surface area contributed by atoms with Crippen molar-refractivity contribution in [2.75, 3.05) is 33.4 Å². The zero-order valence-corrected chi connectivity index (χ0v) is 18.7. The predicted molar refractivity (Wildman–Crippen MR) is 121 cm³/mol. The summed E-state index contributed by atoms with van der Waals surface area (Å²) in [7, 11) is 1.68. The largest absolute Gasteiger partial charge is 0.496 e. The number of amides is 1. The first-order valence-corrected chi connectivity index (χ1v) is 10.8. The van der Waals surface area contributed by atoms with E-state index in [-0.39, 0.29) is 5.91 Å². The Balaban J connectivity index is 1.51. The Morgan fingerprint density at radius 3 is 2.81 bits per heavy atom. The molecule has 2 aliphatic rings. The highest BCUT2D eigenvalue weighted by atomic mass is 32.1. The summed E-state index contributed by atoms with van der Waals surface area (Å²) in [5.41, 5.74) is 3.41. The smallest absolute Gasteiger partial charge is 0.276 e. The Morgan fingerprint density at radius 2 is 2.10 bits per heavy atom. The zero-order chi connectivity index (χ0) is 21.8. The molecule has 0 saturated carbocycles. The molecule has 0 bridgehead atoms. The predicted octanol–water partition coefficient (Wildman–Crippen LogP) is 2.00. The molecular formula is C22H27N5O3S. The number of carbonyl (C=O) groups excluding carboxylic acids is 1. The van der Waals surface area contributed by atoms with Crippen LogP contribution >= 0.6 is 12.2 Å². The Kier molecular flexibility index (Phi) is 6.64. The molecule has 0 radical (unpaired) electrons. The molecule has 2 fully saturated rings. The van der Waals surface area contributed by atoms with Gasteiger partial charge in [-0.15, -0.1) is 0 Å². The van der Waals surface area contributed by atoms with Crippen molar-refractivity contribution >= 4 is 29.3 Å². The maximum Gasteiger partial charge on any atom is 0.276 e. The van der Waals surface area contributed by atoms with Crippen LogP contribution < -0.4 is 10.1 Å². The number of aromatic nitrogens is 2. The van der Waals surface area contributed by atoms with Gasteiger partial charge in [0, 0.05) is 43.5 Å². The van der Waals surface area contributed by atoms with Crippen LogP contribution in [0.2, 0.25) is 0 Å². The molecule has 0 aliphatic carbocycles. The van der Waals surface area contributed by atoms with E-state index in [9.17, 15) is 4.79 Å². The van der Waals surface area contributed by atoms with Gasteiger partial charge in [0.25, 0.3) is 5.91 Å². The molecule has 1 N–H and O–H groups in total. The lowest BCUT2D eigenvalue weighted by Gasteiger charge is -2.27. The summed E-state index contributed by atoms with van der Waals surface area (Å²) < 4.78 is 12.8. The van der Waals surface area contributed by atoms with Crippen LogP contribution in [-0.2, 0) is 29.2 Å². The Labute approximate surface area is 187 Å². The highest BCUT2D eigenvalue weighted by Gasteiger charge is 2.31. The van der Waals surface area contributed by atoms with Gasteiger partial charge < -0.3 is 14.8 Å². The average molecular weight is 442 g/mol. The maximum atomic E-state index is 13.0. The van der Waals surface area contributed by atoms with Crippen molar-refractivity contribution < 1.29 is 14.3 Å². The van der Waals surface area contributed by atoms with Crippen LogP contribution in [0.25, 0.3) is 6.08 Å². The molecular weight excluding hydrogens is 414 g/mol. The number of rotatable bonds is 7. The molecule has 0 spiro atoms. The molecule has 9 heteroatoms. The molecule has 4 rings (SSSR count). The number of thiocarbonyl (C=S) groups is 1. The van der Waals surface area contributed by atoms with Crippen molar-refractivity contribution in [3.8, 4) is 5.75 Å². The van der Waals surface area contributed by atoms with Crippen LogP contribution in [0.4, 0.5) is 0 Å². The number of aryl methyl sites for hydroxylation is 1. The van der Waals surface area contributed by atoms with Crippen LogP contribution in [-0.4, -0.2) is 64.0 Å². The number of methoxy groups -OCH3 is 1. The summed E-state index contributed by atoms with van der Waals surface area (Å²) in [6.45, 7) is 7.26. The molecule has 2 aliphatic heterocycles. The van der Waals surface area contributed by atoms with E-state index in [0.717, 1.165) is 61.8 Å². The van der Waals surface area contributed by atoms with E-state index in [0.29, 0.717) is 17.4 Å². The minimum absolute atomic E-state index is 0.139. The fourth-order valence-electron chi connectivity index (χ4n) is 3.74. The van der Waals surface area contributed by atoms with E-state index in [1.54, 1.807) is 18.2 Å². The highest BCUT2D eigenvalue weighted by molar-refractivity contribution is 7.80. The van der Waals surface area contributed by atoms with E-state index in [1.807, 2.05) is 36.0 Å². The number of ether oxygens (including phenoxy) is 2. The van der Waals surface area contributed by atoms with E-state index in [2.05, 4.69) is 21.4 Å². The maximum absolute atomic E-state index is 13.0. The first-order chi connectivity index (χ1) is 15.1. The number of nitrogens with zero attached hydrogens (tertiary/aromatic N) is 4. The quantitative estimate of drug-likeness (QED) is 0.521. The molecule has 0 unspecified atom stereocenters. The third-order valence-electron chi connectivity index (χ3n) is 5.43. The SMILES string of the molecule is CCn1cc(CN2C(=O)C(=Cc3ccc(OC)c(CN4CCOCC4)c3)NC2=S)cn1. The number of morpholine rings is 1. The number of carbonyl (C=O) groups is 1. The van der Waals surface area contributed by atoms with Crippen molar-refractivity contribution in [3.05, 3.63) is 53.0 Å². The van der Waals surface area contributed by atoms with Crippen LogP contribution in [0.1, 0.15) is 23.6 Å². The number of nitrogens with one attached hydrogen (secondary N) is 1. The summed E-state index contributed by atoms with van der Waals surface area (Å²) in [6, 6.07) is 5.95. The van der Waals surface area contributed by atoms with Crippen molar-refractivity contribution in [2.24, 2.45) is 0 Å². The summed E-state index contributed by atoms with van der Waals surface area (Å²) in [6.07, 6.45) is 5.54. The molecule has 1 aromatic heterocycles. The second kappa shape index (κ2) is 9.59. The van der Waals surface area contributed by atoms with Gasteiger partial charge in [0.2, 0.25) is 0 Å². The number of hydrogen-bond donors (Lipinski definition) is 1. The lowest BCUT2D eigenvalue weighted by molar-refractivity contribution is -0.122. The van der Waals surface area contributed by atoms with E-state index < -0.39 is 0 Å². The van der Waals surface area contributed by atoms with Gasteiger partial charge in [-0.2, -0.15) is 5.10 Å². The van der Waals surface area contributed by atoms with Gasteiger partial charge in [0.05, 0.1) is 33.1 Å². The van der Waals surface area contributed by atoms with E-state index in [1.165, 1.54) is 0 Å².